The van der Waals surface area contributed by atoms with Crippen LogP contribution in [-0.2, 0) is 23.1 Å². The molecule has 43 heavy (non-hydrogen) atoms. The van der Waals surface area contributed by atoms with Gasteiger partial charge in [0.25, 0.3) is 5.91 Å². The first-order valence-electron chi connectivity index (χ1n) is 15.8. The molecule has 0 spiro atoms. The SMILES string of the molecule is C[C@H]1C/C=C\[C@]2(CO)CC[C@H]2CN2CCCCc3cc(Cl)ccc3COc3ccc(cc32)C(=O)NS(=O)(=O)[C@H]1CC1CC1. The lowest BCUT2D eigenvalue weighted by molar-refractivity contribution is 0.0218. The van der Waals surface area contributed by atoms with Gasteiger partial charge in [-0.05, 0) is 104 Å². The summed E-state index contributed by atoms with van der Waals surface area (Å²) in [5, 5.41) is 10.7. The maximum Gasteiger partial charge on any atom is 0.264 e. The van der Waals surface area contributed by atoms with Crippen LogP contribution in [0, 0.1) is 23.2 Å². The van der Waals surface area contributed by atoms with Gasteiger partial charge in [-0.1, -0.05) is 49.6 Å². The van der Waals surface area contributed by atoms with E-state index in [1.807, 2.05) is 25.1 Å². The predicted molar refractivity (Wildman–Crippen MR) is 170 cm³/mol. The second-order valence-corrected chi connectivity index (χ2v) is 15.6. The number of aliphatic hydroxyl groups is 1. The molecule has 2 heterocycles. The minimum atomic E-state index is -3.92. The van der Waals surface area contributed by atoms with Crippen LogP contribution in [0.1, 0.15) is 79.8 Å². The molecular formula is C34H43ClN2O5S. The number of allylic oxidation sites excluding steroid dienone is 1. The maximum absolute atomic E-state index is 13.7. The molecule has 232 valence electrons. The van der Waals surface area contributed by atoms with Crippen LogP contribution in [0.25, 0.3) is 0 Å². The molecule has 0 saturated heterocycles. The lowest BCUT2D eigenvalue weighted by Gasteiger charge is -2.49. The number of amides is 1. The fraction of sp³-hybridized carbons (Fsp3) is 0.559. The summed E-state index contributed by atoms with van der Waals surface area (Å²) in [6.07, 6.45) is 12.1. The number of nitrogens with one attached hydrogen (secondary N) is 1. The molecule has 0 unspecified atom stereocenters. The number of ether oxygens (including phenoxy) is 1. The number of nitrogens with zero attached hydrogens (tertiary/aromatic N) is 1. The van der Waals surface area contributed by atoms with E-state index in [0.717, 1.165) is 62.7 Å². The lowest BCUT2D eigenvalue weighted by atomic mass is 9.60. The minimum Gasteiger partial charge on any atom is -0.487 e. The molecule has 2 N–H and O–H groups in total. The Labute approximate surface area is 260 Å². The van der Waals surface area contributed by atoms with Crippen LogP contribution in [0.15, 0.2) is 48.6 Å². The summed E-state index contributed by atoms with van der Waals surface area (Å²) in [5.41, 5.74) is 3.00. The van der Waals surface area contributed by atoms with Gasteiger partial charge in [0.1, 0.15) is 12.4 Å². The van der Waals surface area contributed by atoms with Crippen LogP contribution in [-0.4, -0.2) is 44.4 Å². The highest BCUT2D eigenvalue weighted by atomic mass is 35.5. The maximum atomic E-state index is 13.7. The van der Waals surface area contributed by atoms with E-state index in [1.54, 1.807) is 18.2 Å². The van der Waals surface area contributed by atoms with Crippen molar-refractivity contribution in [3.05, 3.63) is 70.3 Å². The fourth-order valence-electron chi connectivity index (χ4n) is 7.10. The third kappa shape index (κ3) is 6.62. The molecule has 2 aromatic rings. The molecule has 4 atom stereocenters. The Morgan fingerprint density at radius 1 is 1.12 bits per heavy atom. The van der Waals surface area contributed by atoms with E-state index in [4.69, 9.17) is 16.3 Å². The lowest BCUT2D eigenvalue weighted by Crippen LogP contribution is -2.48. The monoisotopic (exact) mass is 626 g/mol. The summed E-state index contributed by atoms with van der Waals surface area (Å²) in [5.74, 6) is 0.504. The molecule has 7 nitrogen and oxygen atoms in total. The Kier molecular flexibility index (Phi) is 8.82. The van der Waals surface area contributed by atoms with Crippen LogP contribution in [0.2, 0.25) is 5.02 Å². The minimum absolute atomic E-state index is 0.0553. The van der Waals surface area contributed by atoms with E-state index < -0.39 is 21.2 Å². The third-order valence-corrected chi connectivity index (χ3v) is 12.4. The van der Waals surface area contributed by atoms with E-state index >= 15 is 0 Å². The van der Waals surface area contributed by atoms with E-state index in [0.29, 0.717) is 48.2 Å². The summed E-state index contributed by atoms with van der Waals surface area (Å²) in [4.78, 5) is 15.8. The molecule has 2 aliphatic heterocycles. The van der Waals surface area contributed by atoms with Gasteiger partial charge in [0.05, 0.1) is 17.5 Å². The number of aryl methyl sites for hydroxylation is 1. The molecule has 6 rings (SSSR count). The summed E-state index contributed by atoms with van der Waals surface area (Å²) < 4.78 is 36.2. The molecule has 4 aliphatic rings. The Balaban J connectivity index is 1.40. The van der Waals surface area contributed by atoms with Gasteiger partial charge >= 0.3 is 0 Å². The van der Waals surface area contributed by atoms with Crippen molar-refractivity contribution in [2.75, 3.05) is 24.6 Å². The number of hydrogen-bond donors (Lipinski definition) is 2. The number of fused-ring (bicyclic) bond motifs is 3. The van der Waals surface area contributed by atoms with E-state index in [2.05, 4.69) is 21.8 Å². The normalized spacial score (nSPS) is 30.1. The van der Waals surface area contributed by atoms with Gasteiger partial charge < -0.3 is 14.7 Å². The molecule has 2 aromatic carbocycles. The molecular weight excluding hydrogens is 584 g/mol. The van der Waals surface area contributed by atoms with Gasteiger partial charge in [0.15, 0.2) is 0 Å². The van der Waals surface area contributed by atoms with Crippen molar-refractivity contribution in [3.63, 3.8) is 0 Å². The van der Waals surface area contributed by atoms with Crippen LogP contribution in [0.3, 0.4) is 0 Å². The quantitative estimate of drug-likeness (QED) is 0.390. The zero-order valence-electron chi connectivity index (χ0n) is 24.9. The Bertz CT molecular complexity index is 1490. The van der Waals surface area contributed by atoms with Crippen LogP contribution in [0.5, 0.6) is 5.75 Å². The summed E-state index contributed by atoms with van der Waals surface area (Å²) >= 11 is 6.32. The number of benzene rings is 2. The second kappa shape index (κ2) is 12.4. The second-order valence-electron chi connectivity index (χ2n) is 13.2. The number of halogens is 1. The molecule has 0 aromatic heterocycles. The third-order valence-electron chi connectivity index (χ3n) is 10.2. The smallest absolute Gasteiger partial charge is 0.264 e. The molecule has 1 amide bonds. The van der Waals surface area contributed by atoms with Crippen molar-refractivity contribution in [2.45, 2.75) is 76.6 Å². The van der Waals surface area contributed by atoms with Crippen molar-refractivity contribution in [2.24, 2.45) is 23.2 Å². The van der Waals surface area contributed by atoms with Crippen molar-refractivity contribution >= 4 is 33.2 Å². The number of rotatable bonds is 3. The summed E-state index contributed by atoms with van der Waals surface area (Å²) in [6, 6.07) is 11.1. The highest BCUT2D eigenvalue weighted by Crippen LogP contribution is 2.49. The van der Waals surface area contributed by atoms with Gasteiger partial charge in [-0.2, -0.15) is 0 Å². The van der Waals surface area contributed by atoms with Gasteiger partial charge in [-0.3, -0.25) is 4.79 Å². The Morgan fingerprint density at radius 2 is 1.95 bits per heavy atom. The van der Waals surface area contributed by atoms with Crippen LogP contribution < -0.4 is 14.4 Å². The fourth-order valence-corrected chi connectivity index (χ4v) is 9.07. The zero-order valence-corrected chi connectivity index (χ0v) is 26.5. The number of aliphatic hydroxyl groups excluding tert-OH is 1. The largest absolute Gasteiger partial charge is 0.487 e. The van der Waals surface area contributed by atoms with E-state index in [1.165, 1.54) is 5.56 Å². The first-order valence-corrected chi connectivity index (χ1v) is 17.7. The molecule has 2 bridgehead atoms. The van der Waals surface area contributed by atoms with Gasteiger partial charge in [-0.25, -0.2) is 13.1 Å². The molecule has 0 radical (unpaired) electrons. The predicted octanol–water partition coefficient (Wildman–Crippen LogP) is 6.27. The average molecular weight is 627 g/mol. The van der Waals surface area contributed by atoms with E-state index in [-0.39, 0.29) is 23.9 Å². The van der Waals surface area contributed by atoms with Gasteiger partial charge in [0.2, 0.25) is 10.0 Å². The zero-order chi connectivity index (χ0) is 30.2. The standard InChI is InChI=1S/C34H43ClN2O5S/c1-23-5-4-14-34(22-38)15-13-28(34)20-37-16-3-2-6-25-18-29(35)11-9-27(25)21-42-31-12-10-26(19-30(31)37)33(39)36-43(40,41)32(23)17-24-7-8-24/h4,9-12,14,18-19,23-24,28,32,38H,2-3,5-8,13,15-17,20-22H2,1H3,(H,36,39)/b14-4-/t23-,28-,32-,34+/m0/s1. The number of carbonyl (C=O) groups excluding carboxylic acids is 1. The summed E-state index contributed by atoms with van der Waals surface area (Å²) in [6.45, 7) is 3.84. The van der Waals surface area contributed by atoms with Crippen LogP contribution in [0.4, 0.5) is 5.69 Å². The van der Waals surface area contributed by atoms with Gasteiger partial charge in [-0.15, -0.1) is 0 Å². The molecule has 9 heteroatoms. The first kappa shape index (κ1) is 30.5. The molecule has 2 aliphatic carbocycles. The van der Waals surface area contributed by atoms with Crippen LogP contribution >= 0.6 is 11.6 Å². The number of anilines is 1. The Morgan fingerprint density at radius 3 is 2.70 bits per heavy atom. The van der Waals surface area contributed by atoms with E-state index in [9.17, 15) is 18.3 Å². The first-order chi connectivity index (χ1) is 20.7. The summed E-state index contributed by atoms with van der Waals surface area (Å²) in [7, 11) is -3.92. The van der Waals surface area contributed by atoms with Crippen molar-refractivity contribution < 1.29 is 23.1 Å². The number of sulfonamides is 1. The van der Waals surface area contributed by atoms with Crippen molar-refractivity contribution in [3.8, 4) is 5.75 Å². The number of hydrogen-bond acceptors (Lipinski definition) is 6. The molecule has 2 fully saturated rings. The highest BCUT2D eigenvalue weighted by Gasteiger charge is 2.45. The Hall–Kier alpha value is -2.55. The average Bonchev–Trinajstić information content (AvgIpc) is 3.80. The van der Waals surface area contributed by atoms with Gasteiger partial charge in [0, 0.05) is 29.1 Å². The number of carbonyl (C=O) groups is 1. The topological polar surface area (TPSA) is 95.9 Å². The van der Waals surface area contributed by atoms with Crippen molar-refractivity contribution in [1.29, 1.82) is 0 Å². The highest BCUT2D eigenvalue weighted by molar-refractivity contribution is 7.90. The van der Waals surface area contributed by atoms with Crippen molar-refractivity contribution in [1.82, 2.24) is 4.72 Å². The molecule has 2 saturated carbocycles.